The molecule has 0 aromatic heterocycles. The van der Waals surface area contributed by atoms with Crippen molar-refractivity contribution in [1.82, 2.24) is 10.2 Å². The third-order valence-electron chi connectivity index (χ3n) is 3.32. The summed E-state index contributed by atoms with van der Waals surface area (Å²) in [4.78, 5) is 14.2. The average molecular weight is 266 g/mol. The second-order valence-corrected chi connectivity index (χ2v) is 4.77. The van der Waals surface area contributed by atoms with Crippen LogP contribution in [0.4, 0.5) is 10.1 Å². The fraction of sp³-hybridized carbons (Fsp3) is 0.462. The Kier molecular flexibility index (Phi) is 4.34. The van der Waals surface area contributed by atoms with Crippen molar-refractivity contribution in [2.24, 2.45) is 5.84 Å². The van der Waals surface area contributed by atoms with E-state index in [1.165, 1.54) is 31.0 Å². The number of nitrogens with zero attached hydrogens (tertiary/aromatic N) is 1. The monoisotopic (exact) mass is 266 g/mol. The van der Waals surface area contributed by atoms with Gasteiger partial charge in [-0.1, -0.05) is 6.07 Å². The zero-order chi connectivity index (χ0) is 13.8. The van der Waals surface area contributed by atoms with Crippen LogP contribution in [0.15, 0.2) is 18.2 Å². The van der Waals surface area contributed by atoms with Crippen molar-refractivity contribution in [3.8, 4) is 0 Å². The van der Waals surface area contributed by atoms with Gasteiger partial charge in [0, 0.05) is 19.1 Å². The number of nitrogens with two attached hydrogens (primary N) is 1. The number of hydrazine groups is 1. The van der Waals surface area contributed by atoms with Crippen LogP contribution in [-0.2, 0) is 0 Å². The quantitative estimate of drug-likeness (QED) is 0.529. The van der Waals surface area contributed by atoms with Crippen molar-refractivity contribution in [2.45, 2.75) is 18.9 Å². The molecule has 1 aliphatic carbocycles. The Balaban J connectivity index is 1.90. The molecular formula is C13H19FN4O. The highest BCUT2D eigenvalue weighted by Gasteiger charge is 2.25. The zero-order valence-corrected chi connectivity index (χ0v) is 10.9. The van der Waals surface area contributed by atoms with E-state index in [1.807, 2.05) is 7.05 Å². The van der Waals surface area contributed by atoms with E-state index in [9.17, 15) is 9.18 Å². The Labute approximate surface area is 111 Å². The summed E-state index contributed by atoms with van der Waals surface area (Å²) in [5.74, 6) is 4.38. The molecule has 104 valence electrons. The minimum atomic E-state index is -0.537. The molecule has 1 amide bonds. The maximum atomic E-state index is 13.4. The van der Waals surface area contributed by atoms with E-state index in [2.05, 4.69) is 15.6 Å². The largest absolute Gasteiger partial charge is 0.351 e. The average Bonchev–Trinajstić information content (AvgIpc) is 3.22. The number of hydrogen-bond donors (Lipinski definition) is 3. The van der Waals surface area contributed by atoms with Crippen LogP contribution >= 0.6 is 0 Å². The Morgan fingerprint density at radius 3 is 2.89 bits per heavy atom. The molecule has 1 aliphatic rings. The molecule has 19 heavy (non-hydrogen) atoms. The summed E-state index contributed by atoms with van der Waals surface area (Å²) < 4.78 is 13.4. The van der Waals surface area contributed by atoms with Gasteiger partial charge in [0.05, 0.1) is 11.3 Å². The number of benzene rings is 1. The fourth-order valence-corrected chi connectivity index (χ4v) is 2.00. The number of hydrogen-bond acceptors (Lipinski definition) is 4. The van der Waals surface area contributed by atoms with Crippen LogP contribution in [0.5, 0.6) is 0 Å². The maximum Gasteiger partial charge on any atom is 0.253 e. The number of carbonyl (C=O) groups excluding carboxylic acids is 1. The number of carbonyl (C=O) groups is 1. The molecule has 0 atom stereocenters. The number of nitrogen functional groups attached to an aromatic ring is 1. The van der Waals surface area contributed by atoms with Gasteiger partial charge in [-0.05, 0) is 32.0 Å². The van der Waals surface area contributed by atoms with Crippen LogP contribution in [0.1, 0.15) is 23.2 Å². The normalized spacial score (nSPS) is 14.5. The van der Waals surface area contributed by atoms with Gasteiger partial charge in [-0.2, -0.15) is 0 Å². The molecule has 1 fully saturated rings. The molecular weight excluding hydrogens is 247 g/mol. The van der Waals surface area contributed by atoms with Crippen molar-refractivity contribution < 1.29 is 9.18 Å². The molecule has 1 aromatic carbocycles. The lowest BCUT2D eigenvalue weighted by Gasteiger charge is -2.16. The smallest absolute Gasteiger partial charge is 0.253 e. The lowest BCUT2D eigenvalue weighted by molar-refractivity contribution is 0.0950. The number of nitrogens with one attached hydrogen (secondary N) is 2. The molecule has 1 saturated carbocycles. The fourth-order valence-electron chi connectivity index (χ4n) is 2.00. The molecule has 1 aromatic rings. The zero-order valence-electron chi connectivity index (χ0n) is 10.9. The maximum absolute atomic E-state index is 13.4. The molecule has 5 nitrogen and oxygen atoms in total. The Morgan fingerprint density at radius 2 is 2.26 bits per heavy atom. The molecule has 0 unspecified atom stereocenters. The number of likely N-dealkylation sites (N-methyl/N-ethyl adjacent to an activating group) is 1. The minimum Gasteiger partial charge on any atom is -0.351 e. The highest BCUT2D eigenvalue weighted by molar-refractivity contribution is 5.99. The van der Waals surface area contributed by atoms with Crippen LogP contribution in [0.25, 0.3) is 0 Å². The summed E-state index contributed by atoms with van der Waals surface area (Å²) in [7, 11) is 2.04. The van der Waals surface area contributed by atoms with Crippen LogP contribution < -0.4 is 16.6 Å². The lowest BCUT2D eigenvalue weighted by Crippen LogP contribution is -2.34. The van der Waals surface area contributed by atoms with Crippen molar-refractivity contribution >= 4 is 11.6 Å². The first-order chi connectivity index (χ1) is 9.13. The van der Waals surface area contributed by atoms with E-state index in [0.29, 0.717) is 12.6 Å². The van der Waals surface area contributed by atoms with Crippen LogP contribution in [0, 0.1) is 5.82 Å². The van der Waals surface area contributed by atoms with Gasteiger partial charge in [0.15, 0.2) is 0 Å². The van der Waals surface area contributed by atoms with E-state index in [-0.39, 0.29) is 17.2 Å². The van der Waals surface area contributed by atoms with Gasteiger partial charge in [-0.15, -0.1) is 0 Å². The van der Waals surface area contributed by atoms with Gasteiger partial charge in [-0.25, -0.2) is 4.39 Å². The van der Waals surface area contributed by atoms with Crippen molar-refractivity contribution in [3.05, 3.63) is 29.6 Å². The molecule has 0 radical (unpaired) electrons. The first-order valence-corrected chi connectivity index (χ1v) is 6.37. The lowest BCUT2D eigenvalue weighted by atomic mass is 10.1. The molecule has 0 spiro atoms. The van der Waals surface area contributed by atoms with E-state index in [4.69, 9.17) is 5.84 Å². The molecule has 2 rings (SSSR count). The second-order valence-electron chi connectivity index (χ2n) is 4.77. The summed E-state index contributed by atoms with van der Waals surface area (Å²) in [6.07, 6.45) is 2.46. The second kappa shape index (κ2) is 5.99. The minimum absolute atomic E-state index is 0.0237. The van der Waals surface area contributed by atoms with Crippen molar-refractivity contribution in [1.29, 1.82) is 0 Å². The number of halogens is 1. The third kappa shape index (κ3) is 3.42. The molecule has 0 aliphatic heterocycles. The van der Waals surface area contributed by atoms with Crippen LogP contribution in [0.2, 0.25) is 0 Å². The summed E-state index contributed by atoms with van der Waals surface area (Å²) in [5.41, 5.74) is 2.47. The highest BCUT2D eigenvalue weighted by Crippen LogP contribution is 2.24. The van der Waals surface area contributed by atoms with Gasteiger partial charge in [0.2, 0.25) is 0 Å². The Hall–Kier alpha value is -1.66. The summed E-state index contributed by atoms with van der Waals surface area (Å²) in [5, 5.41) is 2.77. The Morgan fingerprint density at radius 1 is 1.53 bits per heavy atom. The van der Waals surface area contributed by atoms with E-state index >= 15 is 0 Å². The van der Waals surface area contributed by atoms with Crippen LogP contribution in [0.3, 0.4) is 0 Å². The predicted octanol–water partition coefficient (Wildman–Crippen LogP) is 0.935. The van der Waals surface area contributed by atoms with Gasteiger partial charge >= 0.3 is 0 Å². The standard InChI is InChI=1S/C13H19FN4O/c1-18(9-5-6-9)8-7-16-13(19)10-3-2-4-11(14)12(10)17-15/h2-4,9,17H,5-8,15H2,1H3,(H,16,19). The molecule has 0 bridgehead atoms. The number of amides is 1. The van der Waals surface area contributed by atoms with E-state index < -0.39 is 5.82 Å². The van der Waals surface area contributed by atoms with E-state index in [0.717, 1.165) is 6.54 Å². The topological polar surface area (TPSA) is 70.4 Å². The van der Waals surface area contributed by atoms with Crippen LogP contribution in [-0.4, -0.2) is 37.0 Å². The summed E-state index contributed by atoms with van der Waals surface area (Å²) in [6.45, 7) is 1.32. The van der Waals surface area contributed by atoms with Crippen molar-refractivity contribution in [2.75, 3.05) is 25.6 Å². The first-order valence-electron chi connectivity index (χ1n) is 6.37. The number of anilines is 1. The number of rotatable bonds is 6. The van der Waals surface area contributed by atoms with Gasteiger partial charge < -0.3 is 15.6 Å². The Bertz CT molecular complexity index is 462. The van der Waals surface area contributed by atoms with E-state index in [1.54, 1.807) is 0 Å². The summed E-state index contributed by atoms with van der Waals surface area (Å²) >= 11 is 0. The van der Waals surface area contributed by atoms with Crippen molar-refractivity contribution in [3.63, 3.8) is 0 Å². The highest BCUT2D eigenvalue weighted by atomic mass is 19.1. The van der Waals surface area contributed by atoms with Gasteiger partial charge in [0.1, 0.15) is 5.82 Å². The van der Waals surface area contributed by atoms with Gasteiger partial charge in [0.25, 0.3) is 5.91 Å². The molecule has 0 heterocycles. The number of para-hydroxylation sites is 1. The molecule has 0 saturated heterocycles. The molecule has 6 heteroatoms. The summed E-state index contributed by atoms with van der Waals surface area (Å²) in [6, 6.07) is 4.94. The van der Waals surface area contributed by atoms with Gasteiger partial charge in [-0.3, -0.25) is 10.6 Å². The predicted molar refractivity (Wildman–Crippen MR) is 72.2 cm³/mol. The SMILES string of the molecule is CN(CCNC(=O)c1cccc(F)c1NN)C1CC1. The third-order valence-corrected chi connectivity index (χ3v) is 3.32. The first kappa shape index (κ1) is 13.8. The molecule has 4 N–H and O–H groups in total.